The summed E-state index contributed by atoms with van der Waals surface area (Å²) in [5, 5.41) is 10.4. The average Bonchev–Trinajstić information content (AvgIpc) is 2.11. The summed E-state index contributed by atoms with van der Waals surface area (Å²) in [5.74, 6) is -0.696. The lowest BCUT2D eigenvalue weighted by Gasteiger charge is -2.12. The molecule has 4 nitrogen and oxygen atoms in total. The maximum absolute atomic E-state index is 11.7. The van der Waals surface area contributed by atoms with Gasteiger partial charge in [0.15, 0.2) is 0 Å². The Hall–Kier alpha value is -1.29. The predicted molar refractivity (Wildman–Crippen MR) is 44.7 cm³/mol. The quantitative estimate of drug-likeness (QED) is 0.707. The third-order valence-electron chi connectivity index (χ3n) is 1.38. The molecule has 0 saturated carbocycles. The van der Waals surface area contributed by atoms with Crippen LogP contribution in [0.3, 0.4) is 0 Å². The molecule has 0 aromatic heterocycles. The fraction of sp³-hybridized carbons (Fsp3) is 0.750. The summed E-state index contributed by atoms with van der Waals surface area (Å²) in [6, 6.07) is 0.377. The minimum atomic E-state index is -4.40. The molecule has 0 radical (unpaired) electrons. The lowest BCUT2D eigenvalue weighted by Crippen LogP contribution is -2.37. The number of hydrogen-bond donors (Lipinski definition) is 1. The van der Waals surface area contributed by atoms with Gasteiger partial charge in [0.25, 0.3) is 0 Å². The molecular formula is C8H11F3N2O2. The van der Waals surface area contributed by atoms with E-state index in [0.717, 1.165) is 0 Å². The zero-order chi connectivity index (χ0) is 11.9. The van der Waals surface area contributed by atoms with Gasteiger partial charge in [-0.3, -0.25) is 10.1 Å². The van der Waals surface area contributed by atoms with Gasteiger partial charge >= 0.3 is 12.1 Å². The van der Waals surface area contributed by atoms with E-state index in [9.17, 15) is 18.0 Å². The molecule has 0 saturated heterocycles. The monoisotopic (exact) mass is 224 g/mol. The molecule has 86 valence electrons. The molecule has 1 unspecified atom stereocenters. The van der Waals surface area contributed by atoms with Crippen LogP contribution in [0.4, 0.5) is 13.2 Å². The Bertz CT molecular complexity index is 247. The number of halogens is 3. The van der Waals surface area contributed by atoms with E-state index in [-0.39, 0.29) is 13.0 Å². The molecule has 7 heteroatoms. The van der Waals surface area contributed by atoms with Crippen molar-refractivity contribution < 1.29 is 22.7 Å². The largest absolute Gasteiger partial charge is 0.466 e. The number of alkyl halides is 3. The summed E-state index contributed by atoms with van der Waals surface area (Å²) in [7, 11) is 0. The fourth-order valence-electron chi connectivity index (χ4n) is 0.789. The molecule has 0 rings (SSSR count). The van der Waals surface area contributed by atoms with Crippen molar-refractivity contribution in [1.29, 1.82) is 5.26 Å². The minimum absolute atomic E-state index is 0.135. The van der Waals surface area contributed by atoms with Crippen molar-refractivity contribution in [3.05, 3.63) is 0 Å². The topological polar surface area (TPSA) is 62.1 Å². The normalized spacial score (nSPS) is 13.0. The second kappa shape index (κ2) is 6.24. The van der Waals surface area contributed by atoms with E-state index in [1.165, 1.54) is 0 Å². The van der Waals surface area contributed by atoms with E-state index < -0.39 is 24.7 Å². The summed E-state index contributed by atoms with van der Waals surface area (Å²) in [4.78, 5) is 10.8. The Morgan fingerprint density at radius 2 is 2.20 bits per heavy atom. The van der Waals surface area contributed by atoms with Gasteiger partial charge in [0.05, 0.1) is 25.6 Å². The first-order valence-electron chi connectivity index (χ1n) is 4.24. The number of nitrogens with zero attached hydrogens (tertiary/aromatic N) is 1. The molecule has 0 amide bonds. The Morgan fingerprint density at radius 1 is 1.60 bits per heavy atom. The summed E-state index contributed by atoms with van der Waals surface area (Å²) in [5.41, 5.74) is 0. The molecule has 0 aliphatic rings. The minimum Gasteiger partial charge on any atom is -0.466 e. The van der Waals surface area contributed by atoms with Crippen LogP contribution in [0.15, 0.2) is 0 Å². The maximum Gasteiger partial charge on any atom is 0.401 e. The van der Waals surface area contributed by atoms with E-state index in [1.54, 1.807) is 13.0 Å². The Labute approximate surface area is 85.0 Å². The van der Waals surface area contributed by atoms with Gasteiger partial charge in [0.1, 0.15) is 6.04 Å². The van der Waals surface area contributed by atoms with E-state index in [2.05, 4.69) is 4.74 Å². The second-order valence-corrected chi connectivity index (χ2v) is 2.69. The van der Waals surface area contributed by atoms with Crippen molar-refractivity contribution in [3.63, 3.8) is 0 Å². The van der Waals surface area contributed by atoms with Crippen molar-refractivity contribution in [2.45, 2.75) is 25.6 Å². The second-order valence-electron chi connectivity index (χ2n) is 2.69. The van der Waals surface area contributed by atoms with E-state index in [0.29, 0.717) is 0 Å². The molecule has 15 heavy (non-hydrogen) atoms. The number of carbonyl (C=O) groups excluding carboxylic acids is 1. The number of nitriles is 1. The van der Waals surface area contributed by atoms with Crippen molar-refractivity contribution in [2.24, 2.45) is 0 Å². The van der Waals surface area contributed by atoms with Crippen LogP contribution in [0, 0.1) is 11.3 Å². The van der Waals surface area contributed by atoms with Gasteiger partial charge in [-0.1, -0.05) is 0 Å². The van der Waals surface area contributed by atoms with Gasteiger partial charge in [-0.15, -0.1) is 0 Å². The van der Waals surface area contributed by atoms with Crippen LogP contribution in [0.1, 0.15) is 13.3 Å². The molecular weight excluding hydrogens is 213 g/mol. The highest BCUT2D eigenvalue weighted by Crippen LogP contribution is 2.12. The third kappa shape index (κ3) is 7.76. The molecule has 0 bridgehead atoms. The molecule has 1 atom stereocenters. The molecule has 0 aliphatic carbocycles. The molecule has 0 spiro atoms. The van der Waals surface area contributed by atoms with E-state index in [1.807, 2.05) is 5.32 Å². The van der Waals surface area contributed by atoms with Gasteiger partial charge < -0.3 is 4.74 Å². The highest BCUT2D eigenvalue weighted by atomic mass is 19.4. The molecule has 1 N–H and O–H groups in total. The molecule has 0 fully saturated rings. The van der Waals surface area contributed by atoms with Crippen molar-refractivity contribution in [2.75, 3.05) is 13.2 Å². The highest BCUT2D eigenvalue weighted by molar-refractivity contribution is 5.70. The van der Waals surface area contributed by atoms with Crippen molar-refractivity contribution >= 4 is 5.97 Å². The number of carbonyl (C=O) groups is 1. The standard InChI is InChI=1S/C8H11F3N2O2/c1-2-15-7(14)3-6(4-12)13-5-8(9,10)11/h6,13H,2-3,5H2,1H3. The van der Waals surface area contributed by atoms with Gasteiger partial charge in [-0.25, -0.2) is 0 Å². The first kappa shape index (κ1) is 13.7. The van der Waals surface area contributed by atoms with Gasteiger partial charge in [0, 0.05) is 0 Å². The number of nitrogens with one attached hydrogen (secondary N) is 1. The van der Waals surface area contributed by atoms with Crippen LogP contribution in [-0.2, 0) is 9.53 Å². The SMILES string of the molecule is CCOC(=O)CC(C#N)NCC(F)(F)F. The summed E-state index contributed by atoms with van der Waals surface area (Å²) < 4.78 is 39.7. The summed E-state index contributed by atoms with van der Waals surface area (Å²) in [6.45, 7) is 0.406. The van der Waals surface area contributed by atoms with Crippen molar-refractivity contribution in [3.8, 4) is 6.07 Å². The average molecular weight is 224 g/mol. The number of hydrogen-bond acceptors (Lipinski definition) is 4. The predicted octanol–water partition coefficient (Wildman–Crippen LogP) is 0.984. The Balaban J connectivity index is 3.95. The smallest absolute Gasteiger partial charge is 0.401 e. The van der Waals surface area contributed by atoms with Crippen LogP contribution in [0.2, 0.25) is 0 Å². The summed E-state index contributed by atoms with van der Waals surface area (Å²) >= 11 is 0. The van der Waals surface area contributed by atoms with E-state index >= 15 is 0 Å². The summed E-state index contributed by atoms with van der Waals surface area (Å²) in [6.07, 6.45) is -4.79. The van der Waals surface area contributed by atoms with Crippen LogP contribution >= 0.6 is 0 Å². The molecule has 0 aromatic rings. The van der Waals surface area contributed by atoms with Gasteiger partial charge in [-0.2, -0.15) is 18.4 Å². The van der Waals surface area contributed by atoms with Gasteiger partial charge in [0.2, 0.25) is 0 Å². The molecule has 0 aliphatic heterocycles. The number of rotatable bonds is 5. The van der Waals surface area contributed by atoms with Crippen LogP contribution in [-0.4, -0.2) is 31.3 Å². The fourth-order valence-corrected chi connectivity index (χ4v) is 0.789. The third-order valence-corrected chi connectivity index (χ3v) is 1.38. The Morgan fingerprint density at radius 3 is 2.60 bits per heavy atom. The lowest BCUT2D eigenvalue weighted by atomic mass is 10.2. The van der Waals surface area contributed by atoms with Crippen molar-refractivity contribution in [1.82, 2.24) is 5.32 Å². The molecule has 0 heterocycles. The highest BCUT2D eigenvalue weighted by Gasteiger charge is 2.28. The molecule has 0 aromatic carbocycles. The van der Waals surface area contributed by atoms with E-state index in [4.69, 9.17) is 5.26 Å². The van der Waals surface area contributed by atoms with Crippen LogP contribution < -0.4 is 5.32 Å². The van der Waals surface area contributed by atoms with Crippen LogP contribution in [0.5, 0.6) is 0 Å². The van der Waals surface area contributed by atoms with Crippen LogP contribution in [0.25, 0.3) is 0 Å². The first-order chi connectivity index (χ1) is 6.89. The lowest BCUT2D eigenvalue weighted by molar-refractivity contribution is -0.144. The Kier molecular flexibility index (Phi) is 5.70. The number of esters is 1. The number of ether oxygens (including phenoxy) is 1. The zero-order valence-electron chi connectivity index (χ0n) is 8.10. The van der Waals surface area contributed by atoms with Gasteiger partial charge in [-0.05, 0) is 6.92 Å². The zero-order valence-corrected chi connectivity index (χ0v) is 8.10. The maximum atomic E-state index is 11.7. The first-order valence-corrected chi connectivity index (χ1v) is 4.24.